The summed E-state index contributed by atoms with van der Waals surface area (Å²) < 4.78 is 0. The average Bonchev–Trinajstić information content (AvgIpc) is 2.31. The molecule has 1 rings (SSSR count). The SMILES string of the molecule is CCC[P]C1CCCCCCCCCC1. The Morgan fingerprint density at radius 3 is 1.73 bits per heavy atom. The minimum absolute atomic E-state index is 1.04. The molecule has 1 radical (unpaired) electrons. The van der Waals surface area contributed by atoms with Crippen LogP contribution in [-0.2, 0) is 0 Å². The van der Waals surface area contributed by atoms with E-state index in [-0.39, 0.29) is 0 Å². The lowest BCUT2D eigenvalue weighted by molar-refractivity contribution is 0.585. The van der Waals surface area contributed by atoms with E-state index in [9.17, 15) is 0 Å². The van der Waals surface area contributed by atoms with Crippen LogP contribution in [0.1, 0.15) is 77.6 Å². The van der Waals surface area contributed by atoms with Crippen LogP contribution in [0.4, 0.5) is 0 Å². The van der Waals surface area contributed by atoms with E-state index in [1.54, 1.807) is 8.58 Å². The highest BCUT2D eigenvalue weighted by molar-refractivity contribution is 7.38. The van der Waals surface area contributed by atoms with Gasteiger partial charge < -0.3 is 0 Å². The minimum atomic E-state index is 1.04. The predicted molar refractivity (Wildman–Crippen MR) is 72.0 cm³/mol. The fourth-order valence-corrected chi connectivity index (χ4v) is 3.81. The van der Waals surface area contributed by atoms with Gasteiger partial charge in [-0.05, 0) is 24.7 Å². The van der Waals surface area contributed by atoms with E-state index >= 15 is 0 Å². The molecule has 0 aliphatic heterocycles. The van der Waals surface area contributed by atoms with E-state index in [0.717, 1.165) is 5.66 Å². The molecule has 1 aliphatic rings. The van der Waals surface area contributed by atoms with Gasteiger partial charge in [0.25, 0.3) is 0 Å². The first-order valence-electron chi connectivity index (χ1n) is 7.10. The van der Waals surface area contributed by atoms with Gasteiger partial charge in [0.2, 0.25) is 0 Å². The number of rotatable bonds is 3. The lowest BCUT2D eigenvalue weighted by Crippen LogP contribution is -2.01. The molecule has 0 spiro atoms. The van der Waals surface area contributed by atoms with Gasteiger partial charge in [0, 0.05) is 0 Å². The first-order valence-corrected chi connectivity index (χ1v) is 8.25. The van der Waals surface area contributed by atoms with Crippen LogP contribution in [0.25, 0.3) is 0 Å². The Labute approximate surface area is 98.4 Å². The van der Waals surface area contributed by atoms with Crippen LogP contribution in [-0.4, -0.2) is 11.8 Å². The highest BCUT2D eigenvalue weighted by Crippen LogP contribution is 2.30. The molecule has 15 heavy (non-hydrogen) atoms. The Bertz CT molecular complexity index is 121. The summed E-state index contributed by atoms with van der Waals surface area (Å²) in [5, 5.41) is 0. The van der Waals surface area contributed by atoms with Crippen LogP contribution < -0.4 is 0 Å². The first kappa shape index (κ1) is 13.5. The third kappa shape index (κ3) is 7.34. The Balaban J connectivity index is 2.19. The van der Waals surface area contributed by atoms with Crippen molar-refractivity contribution in [2.75, 3.05) is 6.16 Å². The van der Waals surface area contributed by atoms with Gasteiger partial charge in [0.1, 0.15) is 0 Å². The third-order valence-corrected chi connectivity index (χ3v) is 5.17. The highest BCUT2D eigenvalue weighted by atomic mass is 31.1. The van der Waals surface area contributed by atoms with E-state index < -0.39 is 0 Å². The third-order valence-electron chi connectivity index (χ3n) is 3.44. The second kappa shape index (κ2) is 9.64. The Morgan fingerprint density at radius 2 is 1.27 bits per heavy atom. The molecule has 0 heterocycles. The van der Waals surface area contributed by atoms with Crippen molar-refractivity contribution in [3.05, 3.63) is 0 Å². The van der Waals surface area contributed by atoms with Crippen molar-refractivity contribution in [1.82, 2.24) is 0 Å². The van der Waals surface area contributed by atoms with E-state index in [1.807, 2.05) is 0 Å². The Morgan fingerprint density at radius 1 is 0.800 bits per heavy atom. The molecule has 1 fully saturated rings. The van der Waals surface area contributed by atoms with E-state index in [4.69, 9.17) is 0 Å². The van der Waals surface area contributed by atoms with Gasteiger partial charge in [0.05, 0.1) is 0 Å². The minimum Gasteiger partial charge on any atom is -0.0775 e. The maximum absolute atomic E-state index is 2.32. The lowest BCUT2D eigenvalue weighted by atomic mass is 10.1. The summed E-state index contributed by atoms with van der Waals surface area (Å²) in [6.45, 7) is 2.32. The van der Waals surface area contributed by atoms with E-state index in [2.05, 4.69) is 6.92 Å². The second-order valence-electron chi connectivity index (χ2n) is 4.97. The lowest BCUT2D eigenvalue weighted by Gasteiger charge is -2.15. The summed E-state index contributed by atoms with van der Waals surface area (Å²) in [4.78, 5) is 0. The van der Waals surface area contributed by atoms with Gasteiger partial charge in [-0.3, -0.25) is 0 Å². The molecule has 0 unspecified atom stereocenters. The summed E-state index contributed by atoms with van der Waals surface area (Å²) >= 11 is 0. The molecule has 0 bridgehead atoms. The van der Waals surface area contributed by atoms with Crippen LogP contribution in [0.15, 0.2) is 0 Å². The first-order chi connectivity index (χ1) is 7.43. The average molecular weight is 227 g/mol. The second-order valence-corrected chi connectivity index (χ2v) is 6.51. The zero-order valence-electron chi connectivity index (χ0n) is 10.5. The van der Waals surface area contributed by atoms with Crippen molar-refractivity contribution in [2.24, 2.45) is 0 Å². The summed E-state index contributed by atoms with van der Waals surface area (Å²) in [6, 6.07) is 0. The molecule has 1 heteroatoms. The topological polar surface area (TPSA) is 0 Å². The highest BCUT2D eigenvalue weighted by Gasteiger charge is 2.09. The van der Waals surface area contributed by atoms with Crippen LogP contribution in [0.5, 0.6) is 0 Å². The quantitative estimate of drug-likeness (QED) is 0.548. The normalized spacial score (nSPS) is 23.0. The molecule has 0 aromatic rings. The standard InChI is InChI=1S/C14H28P/c1-2-13-15-14-11-9-7-5-3-4-6-8-10-12-14/h14H,2-13H2,1H3. The molecule has 1 saturated carbocycles. The molecular weight excluding hydrogens is 199 g/mol. The number of hydrogen-bond donors (Lipinski definition) is 0. The van der Waals surface area contributed by atoms with Gasteiger partial charge in [-0.15, -0.1) is 0 Å². The van der Waals surface area contributed by atoms with E-state index in [1.165, 1.54) is 76.8 Å². The van der Waals surface area contributed by atoms with Crippen molar-refractivity contribution in [3.63, 3.8) is 0 Å². The van der Waals surface area contributed by atoms with Gasteiger partial charge in [-0.2, -0.15) is 0 Å². The van der Waals surface area contributed by atoms with E-state index in [0.29, 0.717) is 0 Å². The molecule has 0 aromatic heterocycles. The summed E-state index contributed by atoms with van der Waals surface area (Å²) in [5.41, 5.74) is 1.04. The van der Waals surface area contributed by atoms with Crippen molar-refractivity contribution in [1.29, 1.82) is 0 Å². The zero-order valence-corrected chi connectivity index (χ0v) is 11.4. The molecular formula is C14H28P. The predicted octanol–water partition coefficient (Wildman–Crippen LogP) is 5.63. The molecule has 0 N–H and O–H groups in total. The summed E-state index contributed by atoms with van der Waals surface area (Å²) in [5.74, 6) is 0. The molecule has 89 valence electrons. The molecule has 0 aromatic carbocycles. The Hall–Kier alpha value is 0.430. The molecule has 0 nitrogen and oxygen atoms in total. The number of hydrogen-bond acceptors (Lipinski definition) is 0. The Kier molecular flexibility index (Phi) is 8.67. The van der Waals surface area contributed by atoms with Crippen molar-refractivity contribution >= 4 is 8.58 Å². The molecule has 0 atom stereocenters. The van der Waals surface area contributed by atoms with Crippen LogP contribution in [0, 0.1) is 0 Å². The zero-order chi connectivity index (χ0) is 10.8. The van der Waals surface area contributed by atoms with Gasteiger partial charge in [0.15, 0.2) is 0 Å². The van der Waals surface area contributed by atoms with Gasteiger partial charge >= 0.3 is 0 Å². The fourth-order valence-electron chi connectivity index (χ4n) is 2.46. The van der Waals surface area contributed by atoms with Crippen LogP contribution >= 0.6 is 8.58 Å². The molecule has 0 amide bonds. The molecule has 0 saturated heterocycles. The van der Waals surface area contributed by atoms with Gasteiger partial charge in [-0.25, -0.2) is 0 Å². The molecule has 1 aliphatic carbocycles. The largest absolute Gasteiger partial charge is 0.0775 e. The van der Waals surface area contributed by atoms with Crippen LogP contribution in [0.2, 0.25) is 0 Å². The summed E-state index contributed by atoms with van der Waals surface area (Å²) in [7, 11) is 1.75. The van der Waals surface area contributed by atoms with Gasteiger partial charge in [-0.1, -0.05) is 73.3 Å². The maximum Gasteiger partial charge on any atom is -0.0170 e. The van der Waals surface area contributed by atoms with Crippen molar-refractivity contribution in [2.45, 2.75) is 83.2 Å². The summed E-state index contributed by atoms with van der Waals surface area (Å²) in [6.07, 6.45) is 17.8. The van der Waals surface area contributed by atoms with Crippen molar-refractivity contribution < 1.29 is 0 Å². The maximum atomic E-state index is 2.32. The smallest absolute Gasteiger partial charge is 0.0170 e. The van der Waals surface area contributed by atoms with Crippen LogP contribution in [0.3, 0.4) is 0 Å². The van der Waals surface area contributed by atoms with Crippen molar-refractivity contribution in [3.8, 4) is 0 Å². The fraction of sp³-hybridized carbons (Fsp3) is 1.00. The monoisotopic (exact) mass is 227 g/mol.